The molecule has 19 heavy (non-hydrogen) atoms. The van der Waals surface area contributed by atoms with Gasteiger partial charge in [-0.05, 0) is 13.0 Å². The van der Waals surface area contributed by atoms with Crippen LogP contribution in [0.2, 0.25) is 10.0 Å². The molecule has 0 amide bonds. The number of ketones is 1. The monoisotopic (exact) mass is 303 g/mol. The summed E-state index contributed by atoms with van der Waals surface area (Å²) in [6.07, 6.45) is -0.584. The van der Waals surface area contributed by atoms with Crippen molar-refractivity contribution in [2.24, 2.45) is 0 Å². The number of ether oxygens (including phenoxy) is 1. The van der Waals surface area contributed by atoms with E-state index in [1.807, 2.05) is 0 Å². The second kappa shape index (κ2) is 6.50. The fourth-order valence-corrected chi connectivity index (χ4v) is 1.88. The number of esters is 1. The lowest BCUT2D eigenvalue weighted by Crippen LogP contribution is -2.12. The summed E-state index contributed by atoms with van der Waals surface area (Å²) < 4.78 is 18.0. The molecule has 0 aliphatic rings. The summed E-state index contributed by atoms with van der Waals surface area (Å²) in [6, 6.07) is 2.40. The Morgan fingerprint density at radius 1 is 1.42 bits per heavy atom. The maximum absolute atomic E-state index is 13.4. The summed E-state index contributed by atoms with van der Waals surface area (Å²) >= 11 is 11.3. The van der Waals surface area contributed by atoms with E-state index in [-0.39, 0.29) is 22.8 Å². The Morgan fingerprint density at radius 2 is 2.05 bits per heavy atom. The summed E-state index contributed by atoms with van der Waals surface area (Å²) in [5.74, 6) is -2.44. The maximum Gasteiger partial charge on any atom is 0.313 e. The standard InChI is InChI=1S/C12H8Cl2FNO3/c1-2-19-10(18)4-9(17)6-3-8(15)12(14)7(5-16)11(6)13/h3H,2,4H2,1H3. The van der Waals surface area contributed by atoms with Gasteiger partial charge in [-0.25, -0.2) is 4.39 Å². The summed E-state index contributed by atoms with van der Waals surface area (Å²) in [7, 11) is 0. The number of Topliss-reactive ketones (excluding diaryl/α,β-unsaturated/α-hetero) is 1. The van der Waals surface area contributed by atoms with Gasteiger partial charge in [0.1, 0.15) is 18.3 Å². The highest BCUT2D eigenvalue weighted by Crippen LogP contribution is 2.30. The SMILES string of the molecule is CCOC(=O)CC(=O)c1cc(F)c(Cl)c(C#N)c1Cl. The van der Waals surface area contributed by atoms with Gasteiger partial charge in [-0.1, -0.05) is 23.2 Å². The van der Waals surface area contributed by atoms with E-state index in [1.165, 1.54) is 0 Å². The van der Waals surface area contributed by atoms with Crippen molar-refractivity contribution in [3.05, 3.63) is 33.1 Å². The Kier molecular flexibility index (Phi) is 5.28. The van der Waals surface area contributed by atoms with E-state index in [9.17, 15) is 14.0 Å². The lowest BCUT2D eigenvalue weighted by molar-refractivity contribution is -0.141. The highest BCUT2D eigenvalue weighted by Gasteiger charge is 2.22. The number of nitriles is 1. The first-order valence-corrected chi connectivity index (χ1v) is 5.94. The van der Waals surface area contributed by atoms with Crippen LogP contribution in [0.15, 0.2) is 6.07 Å². The van der Waals surface area contributed by atoms with Crippen molar-refractivity contribution < 1.29 is 18.7 Å². The molecule has 4 nitrogen and oxygen atoms in total. The lowest BCUT2D eigenvalue weighted by Gasteiger charge is -2.07. The summed E-state index contributed by atoms with van der Waals surface area (Å²) in [4.78, 5) is 23.0. The molecule has 0 heterocycles. The summed E-state index contributed by atoms with van der Waals surface area (Å²) in [5.41, 5.74) is -0.608. The van der Waals surface area contributed by atoms with Crippen LogP contribution in [0.5, 0.6) is 0 Å². The van der Waals surface area contributed by atoms with Crippen LogP contribution in [0.1, 0.15) is 29.3 Å². The van der Waals surface area contributed by atoms with E-state index in [2.05, 4.69) is 4.74 Å². The van der Waals surface area contributed by atoms with E-state index < -0.39 is 29.0 Å². The molecular formula is C12H8Cl2FNO3. The quantitative estimate of drug-likeness (QED) is 0.371. The van der Waals surface area contributed by atoms with Gasteiger partial charge in [-0.2, -0.15) is 5.26 Å². The van der Waals surface area contributed by atoms with Crippen LogP contribution in [-0.4, -0.2) is 18.4 Å². The van der Waals surface area contributed by atoms with E-state index in [0.717, 1.165) is 6.07 Å². The Labute approximate surface area is 118 Å². The van der Waals surface area contributed by atoms with Gasteiger partial charge >= 0.3 is 5.97 Å². The second-order valence-electron chi connectivity index (χ2n) is 3.43. The fourth-order valence-electron chi connectivity index (χ4n) is 1.34. The Bertz CT molecular complexity index is 581. The molecule has 1 aromatic carbocycles. The third-order valence-electron chi connectivity index (χ3n) is 2.18. The number of carbonyl (C=O) groups is 2. The van der Waals surface area contributed by atoms with E-state index >= 15 is 0 Å². The molecule has 0 bridgehead atoms. The van der Waals surface area contributed by atoms with Gasteiger partial charge in [0.15, 0.2) is 5.78 Å². The number of halogens is 3. The molecule has 0 aliphatic heterocycles. The summed E-state index contributed by atoms with van der Waals surface area (Å²) in [5, 5.41) is 8.07. The van der Waals surface area contributed by atoms with Gasteiger partial charge in [-0.3, -0.25) is 9.59 Å². The minimum Gasteiger partial charge on any atom is -0.466 e. The zero-order valence-electron chi connectivity index (χ0n) is 9.80. The zero-order chi connectivity index (χ0) is 14.6. The average molecular weight is 304 g/mol. The molecule has 0 radical (unpaired) electrons. The smallest absolute Gasteiger partial charge is 0.313 e. The van der Waals surface area contributed by atoms with Crippen LogP contribution in [0.25, 0.3) is 0 Å². The van der Waals surface area contributed by atoms with Crippen molar-refractivity contribution in [1.82, 2.24) is 0 Å². The molecule has 0 N–H and O–H groups in total. The normalized spacial score (nSPS) is 9.84. The highest BCUT2D eigenvalue weighted by molar-refractivity contribution is 6.39. The van der Waals surface area contributed by atoms with Crippen molar-refractivity contribution in [2.45, 2.75) is 13.3 Å². The highest BCUT2D eigenvalue weighted by atomic mass is 35.5. The third-order valence-corrected chi connectivity index (χ3v) is 2.94. The van der Waals surface area contributed by atoms with Gasteiger partial charge < -0.3 is 4.74 Å². The molecule has 1 aromatic rings. The summed E-state index contributed by atoms with van der Waals surface area (Å²) in [6.45, 7) is 1.71. The average Bonchev–Trinajstić information content (AvgIpc) is 2.34. The number of hydrogen-bond donors (Lipinski definition) is 0. The van der Waals surface area contributed by atoms with Crippen LogP contribution in [0.4, 0.5) is 4.39 Å². The van der Waals surface area contributed by atoms with E-state index in [0.29, 0.717) is 0 Å². The van der Waals surface area contributed by atoms with Crippen LogP contribution in [0, 0.1) is 17.1 Å². The molecule has 1 rings (SSSR count). The van der Waals surface area contributed by atoms with Crippen molar-refractivity contribution >= 4 is 35.0 Å². The first kappa shape index (κ1) is 15.4. The maximum atomic E-state index is 13.4. The number of hydrogen-bond acceptors (Lipinski definition) is 4. The van der Waals surface area contributed by atoms with Crippen molar-refractivity contribution in [1.29, 1.82) is 5.26 Å². The van der Waals surface area contributed by atoms with Crippen molar-refractivity contribution in [3.63, 3.8) is 0 Å². The van der Waals surface area contributed by atoms with Gasteiger partial charge in [0, 0.05) is 5.56 Å². The molecule has 0 fully saturated rings. The Balaban J connectivity index is 3.15. The van der Waals surface area contributed by atoms with Gasteiger partial charge in [0.2, 0.25) is 0 Å². The molecule has 0 saturated carbocycles. The second-order valence-corrected chi connectivity index (χ2v) is 4.18. The molecule has 0 aromatic heterocycles. The van der Waals surface area contributed by atoms with Crippen LogP contribution in [-0.2, 0) is 9.53 Å². The van der Waals surface area contributed by atoms with Crippen molar-refractivity contribution in [3.8, 4) is 6.07 Å². The predicted octanol–water partition coefficient (Wildman–Crippen LogP) is 3.14. The number of rotatable bonds is 4. The minimum absolute atomic E-state index is 0.123. The van der Waals surface area contributed by atoms with Gasteiger partial charge in [-0.15, -0.1) is 0 Å². The van der Waals surface area contributed by atoms with E-state index in [1.54, 1.807) is 13.0 Å². The van der Waals surface area contributed by atoms with Crippen LogP contribution >= 0.6 is 23.2 Å². The first-order valence-electron chi connectivity index (χ1n) is 5.18. The van der Waals surface area contributed by atoms with Crippen molar-refractivity contribution in [2.75, 3.05) is 6.61 Å². The molecule has 100 valence electrons. The van der Waals surface area contributed by atoms with Gasteiger partial charge in [0.25, 0.3) is 0 Å². The minimum atomic E-state index is -0.949. The molecular weight excluding hydrogens is 296 g/mol. The predicted molar refractivity (Wildman–Crippen MR) is 66.7 cm³/mol. The number of nitrogens with zero attached hydrogens (tertiary/aromatic N) is 1. The molecule has 0 unspecified atom stereocenters. The molecule has 0 aliphatic carbocycles. The Morgan fingerprint density at radius 3 is 2.58 bits per heavy atom. The number of benzene rings is 1. The van der Waals surface area contributed by atoms with Gasteiger partial charge in [0.05, 0.1) is 22.2 Å². The topological polar surface area (TPSA) is 67.2 Å². The third kappa shape index (κ3) is 3.43. The molecule has 0 spiro atoms. The van der Waals surface area contributed by atoms with E-state index in [4.69, 9.17) is 28.5 Å². The Hall–Kier alpha value is -1.64. The largest absolute Gasteiger partial charge is 0.466 e. The molecule has 0 atom stereocenters. The number of carbonyl (C=O) groups excluding carboxylic acids is 2. The molecule has 7 heteroatoms. The molecule has 0 saturated heterocycles. The lowest BCUT2D eigenvalue weighted by atomic mass is 10.0. The van der Waals surface area contributed by atoms with Crippen LogP contribution in [0.3, 0.4) is 0 Å². The fraction of sp³-hybridized carbons (Fsp3) is 0.250. The van der Waals surface area contributed by atoms with Crippen LogP contribution < -0.4 is 0 Å². The zero-order valence-corrected chi connectivity index (χ0v) is 11.3. The first-order chi connectivity index (χ1) is 8.92.